The van der Waals surface area contributed by atoms with Gasteiger partial charge in [-0.25, -0.2) is 13.2 Å². The zero-order valence-electron chi connectivity index (χ0n) is 12.9. The van der Waals surface area contributed by atoms with E-state index in [4.69, 9.17) is 9.26 Å². The third kappa shape index (κ3) is 3.06. The lowest BCUT2D eigenvalue weighted by Crippen LogP contribution is -2.28. The Bertz CT molecular complexity index is 724. The molecular formula is C17H17F3N2O2. The summed E-state index contributed by atoms with van der Waals surface area (Å²) in [6.45, 7) is 3.18. The molecule has 0 amide bonds. The van der Waals surface area contributed by atoms with Crippen LogP contribution in [0.4, 0.5) is 13.2 Å². The first-order valence-corrected chi connectivity index (χ1v) is 7.97. The van der Waals surface area contributed by atoms with Crippen LogP contribution in [0.1, 0.15) is 5.76 Å². The number of nitrogens with zero attached hydrogens (tertiary/aromatic N) is 2. The summed E-state index contributed by atoms with van der Waals surface area (Å²) in [5.74, 6) is -0.837. The van der Waals surface area contributed by atoms with Crippen LogP contribution in [0.25, 0.3) is 11.3 Å². The maximum Gasteiger partial charge on any atom is 0.163 e. The van der Waals surface area contributed by atoms with E-state index in [1.165, 1.54) is 6.07 Å². The summed E-state index contributed by atoms with van der Waals surface area (Å²) in [5.41, 5.74) is 0.877. The molecule has 1 aliphatic heterocycles. The zero-order chi connectivity index (χ0) is 16.7. The average molecular weight is 338 g/mol. The minimum atomic E-state index is -0.924. The van der Waals surface area contributed by atoms with Gasteiger partial charge in [-0.3, -0.25) is 0 Å². The van der Waals surface area contributed by atoms with E-state index in [0.29, 0.717) is 23.6 Å². The largest absolute Gasteiger partial charge is 0.372 e. The summed E-state index contributed by atoms with van der Waals surface area (Å²) in [6, 6.07) is 5.22. The topological polar surface area (TPSA) is 38.5 Å². The lowest BCUT2D eigenvalue weighted by molar-refractivity contribution is 0.0793. The van der Waals surface area contributed by atoms with Crippen molar-refractivity contribution in [2.75, 3.05) is 26.2 Å². The number of ether oxygens (including phenoxy) is 1. The molecule has 2 fully saturated rings. The quantitative estimate of drug-likeness (QED) is 0.759. The Balaban J connectivity index is 1.24. The lowest BCUT2D eigenvalue weighted by atomic mass is 10.1. The van der Waals surface area contributed by atoms with Crippen LogP contribution in [-0.4, -0.2) is 42.5 Å². The van der Waals surface area contributed by atoms with Gasteiger partial charge in [0.2, 0.25) is 0 Å². The Hall–Kier alpha value is -1.86. The Morgan fingerprint density at radius 1 is 1.17 bits per heavy atom. The van der Waals surface area contributed by atoms with E-state index in [9.17, 15) is 13.2 Å². The van der Waals surface area contributed by atoms with E-state index < -0.39 is 17.8 Å². The van der Waals surface area contributed by atoms with Crippen LogP contribution in [0.15, 0.2) is 28.8 Å². The van der Waals surface area contributed by atoms with Gasteiger partial charge < -0.3 is 14.2 Å². The van der Waals surface area contributed by atoms with Gasteiger partial charge in [0.1, 0.15) is 18.5 Å². The first kappa shape index (κ1) is 15.7. The van der Waals surface area contributed by atoms with Gasteiger partial charge >= 0.3 is 0 Å². The number of fused-ring (bicyclic) bond motifs is 1. The van der Waals surface area contributed by atoms with Crippen LogP contribution in [0.2, 0.25) is 0 Å². The van der Waals surface area contributed by atoms with Gasteiger partial charge in [0.25, 0.3) is 0 Å². The van der Waals surface area contributed by atoms with Crippen molar-refractivity contribution >= 4 is 0 Å². The number of piperidine rings is 1. The monoisotopic (exact) mass is 338 g/mol. The Morgan fingerprint density at radius 3 is 2.71 bits per heavy atom. The third-order valence-electron chi connectivity index (χ3n) is 4.74. The van der Waals surface area contributed by atoms with Crippen LogP contribution in [0, 0.1) is 23.5 Å². The molecule has 2 aliphatic rings. The molecule has 1 aromatic heterocycles. The predicted octanol–water partition coefficient (Wildman–Crippen LogP) is 3.04. The zero-order valence-corrected chi connectivity index (χ0v) is 12.9. The van der Waals surface area contributed by atoms with Crippen molar-refractivity contribution in [3.05, 3.63) is 41.7 Å². The molecule has 0 spiro atoms. The van der Waals surface area contributed by atoms with Crippen LogP contribution in [0.5, 0.6) is 0 Å². The normalized spacial score (nSPS) is 25.9. The molecule has 4 nitrogen and oxygen atoms in total. The maximum atomic E-state index is 13.2. The molecule has 0 N–H and O–H groups in total. The van der Waals surface area contributed by atoms with Crippen LogP contribution in [-0.2, 0) is 11.3 Å². The van der Waals surface area contributed by atoms with Crippen molar-refractivity contribution in [3.63, 3.8) is 0 Å². The van der Waals surface area contributed by atoms with Crippen molar-refractivity contribution in [1.29, 1.82) is 0 Å². The van der Waals surface area contributed by atoms with Crippen molar-refractivity contribution in [1.82, 2.24) is 10.1 Å². The third-order valence-corrected chi connectivity index (χ3v) is 4.74. The van der Waals surface area contributed by atoms with Crippen molar-refractivity contribution in [2.45, 2.75) is 12.8 Å². The molecule has 2 atom stereocenters. The van der Waals surface area contributed by atoms with Gasteiger partial charge in [0, 0.05) is 43.1 Å². The van der Waals surface area contributed by atoms with Gasteiger partial charge in [-0.15, -0.1) is 0 Å². The molecule has 1 saturated carbocycles. The number of aromatic nitrogens is 1. The molecule has 7 heteroatoms. The second kappa shape index (κ2) is 6.22. The molecule has 1 aromatic carbocycles. The smallest absolute Gasteiger partial charge is 0.163 e. The summed E-state index contributed by atoms with van der Waals surface area (Å²) in [4.78, 5) is 2.21. The van der Waals surface area contributed by atoms with Crippen LogP contribution >= 0.6 is 0 Å². The van der Waals surface area contributed by atoms with E-state index >= 15 is 0 Å². The average Bonchev–Trinajstić information content (AvgIpc) is 3.01. The summed E-state index contributed by atoms with van der Waals surface area (Å²) in [7, 11) is 0. The van der Waals surface area contributed by atoms with E-state index in [2.05, 4.69) is 10.1 Å². The highest BCUT2D eigenvalue weighted by Crippen LogP contribution is 2.47. The standard InChI is InChI=1S/C17H17F3N2O2/c18-14-2-1-10(5-15(14)19)16-6-11(24-21-16)9-23-4-3-22-7-12-13(8-22)17(12)20/h1-2,5-6,12-13,17H,3-4,7-9H2. The minimum absolute atomic E-state index is 0.234. The van der Waals surface area contributed by atoms with E-state index in [0.717, 1.165) is 31.8 Å². The van der Waals surface area contributed by atoms with E-state index in [1.54, 1.807) is 6.07 Å². The summed E-state index contributed by atoms with van der Waals surface area (Å²) in [6.07, 6.45) is -0.592. The van der Waals surface area contributed by atoms with Gasteiger partial charge in [0.15, 0.2) is 17.4 Å². The fourth-order valence-electron chi connectivity index (χ4n) is 3.26. The lowest BCUT2D eigenvalue weighted by Gasteiger charge is -2.17. The van der Waals surface area contributed by atoms with Gasteiger partial charge in [0.05, 0.1) is 6.61 Å². The molecule has 2 unspecified atom stereocenters. The summed E-state index contributed by atoms with van der Waals surface area (Å²) < 4.78 is 49.9. The number of benzene rings is 1. The second-order valence-electron chi connectivity index (χ2n) is 6.39. The van der Waals surface area contributed by atoms with Crippen LogP contribution < -0.4 is 0 Å². The highest BCUT2D eigenvalue weighted by molar-refractivity contribution is 5.58. The molecule has 24 heavy (non-hydrogen) atoms. The molecule has 0 radical (unpaired) electrons. The predicted molar refractivity (Wildman–Crippen MR) is 79.8 cm³/mol. The number of rotatable bonds is 6. The Morgan fingerprint density at radius 2 is 1.96 bits per heavy atom. The highest BCUT2D eigenvalue weighted by Gasteiger charge is 2.56. The Kier molecular flexibility index (Phi) is 4.05. The molecule has 1 aliphatic carbocycles. The SMILES string of the molecule is Fc1ccc(-c2cc(COCCN3CC4C(F)C4C3)on2)cc1F. The maximum absolute atomic E-state index is 13.2. The number of alkyl halides is 1. The number of likely N-dealkylation sites (tertiary alicyclic amines) is 1. The molecular weight excluding hydrogens is 321 g/mol. The highest BCUT2D eigenvalue weighted by atomic mass is 19.2. The first-order valence-electron chi connectivity index (χ1n) is 7.97. The first-order chi connectivity index (χ1) is 11.6. The molecule has 1 saturated heterocycles. The van der Waals surface area contributed by atoms with Crippen molar-refractivity contribution in [3.8, 4) is 11.3 Å². The molecule has 2 aromatic rings. The second-order valence-corrected chi connectivity index (χ2v) is 6.39. The molecule has 0 bridgehead atoms. The van der Waals surface area contributed by atoms with Gasteiger partial charge in [-0.05, 0) is 18.2 Å². The number of hydrogen-bond acceptors (Lipinski definition) is 4. The minimum Gasteiger partial charge on any atom is -0.372 e. The van der Waals surface area contributed by atoms with Crippen LogP contribution in [0.3, 0.4) is 0 Å². The van der Waals surface area contributed by atoms with Crippen molar-refractivity contribution in [2.24, 2.45) is 11.8 Å². The summed E-state index contributed by atoms with van der Waals surface area (Å²) >= 11 is 0. The molecule has 2 heterocycles. The van der Waals surface area contributed by atoms with Crippen molar-refractivity contribution < 1.29 is 22.4 Å². The number of halogens is 3. The Labute approximate surface area is 137 Å². The van der Waals surface area contributed by atoms with E-state index in [-0.39, 0.29) is 18.4 Å². The number of hydrogen-bond donors (Lipinski definition) is 0. The van der Waals surface area contributed by atoms with E-state index in [1.807, 2.05) is 0 Å². The summed E-state index contributed by atoms with van der Waals surface area (Å²) in [5, 5.41) is 3.84. The molecule has 4 rings (SSSR count). The fourth-order valence-corrected chi connectivity index (χ4v) is 3.26. The van der Waals surface area contributed by atoms with Gasteiger partial charge in [-0.1, -0.05) is 5.16 Å². The van der Waals surface area contributed by atoms with Gasteiger partial charge in [-0.2, -0.15) is 0 Å². The fraction of sp³-hybridized carbons (Fsp3) is 0.471. The molecule has 128 valence electrons.